The molecule has 0 atom stereocenters. The second-order valence-electron chi connectivity index (χ2n) is 3.96. The van der Waals surface area contributed by atoms with Crippen molar-refractivity contribution < 1.29 is 9.53 Å². The van der Waals surface area contributed by atoms with Crippen LogP contribution in [0.1, 0.15) is 17.8 Å². The van der Waals surface area contributed by atoms with Crippen LogP contribution in [0.4, 0.5) is 0 Å². The summed E-state index contributed by atoms with van der Waals surface area (Å²) >= 11 is 0. The molecule has 0 aromatic carbocycles. The van der Waals surface area contributed by atoms with Crippen molar-refractivity contribution in [1.82, 2.24) is 14.7 Å². The molecule has 5 heteroatoms. The lowest BCUT2D eigenvalue weighted by molar-refractivity contribution is -0.140. The normalized spacial score (nSPS) is 10.8. The number of carbonyl (C=O) groups is 1. The maximum atomic E-state index is 11.0. The van der Waals surface area contributed by atoms with Gasteiger partial charge in [0.25, 0.3) is 0 Å². The van der Waals surface area contributed by atoms with E-state index in [-0.39, 0.29) is 5.97 Å². The fraction of sp³-hybridized carbons (Fsp3) is 0.636. The Kier molecular flexibility index (Phi) is 4.49. The quantitative estimate of drug-likeness (QED) is 0.693. The fourth-order valence-corrected chi connectivity index (χ4v) is 1.55. The number of aromatic nitrogens is 2. The van der Waals surface area contributed by atoms with E-state index in [0.717, 1.165) is 17.9 Å². The molecule has 0 aliphatic carbocycles. The van der Waals surface area contributed by atoms with E-state index in [9.17, 15) is 4.79 Å². The summed E-state index contributed by atoms with van der Waals surface area (Å²) in [5, 5.41) is 4.27. The lowest BCUT2D eigenvalue weighted by Crippen LogP contribution is -2.23. The van der Waals surface area contributed by atoms with Gasteiger partial charge in [0.2, 0.25) is 0 Å². The molecule has 5 nitrogen and oxygen atoms in total. The van der Waals surface area contributed by atoms with Gasteiger partial charge in [0.15, 0.2) is 0 Å². The first-order valence-corrected chi connectivity index (χ1v) is 5.28. The lowest BCUT2D eigenvalue weighted by atomic mass is 10.3. The van der Waals surface area contributed by atoms with Crippen LogP contribution in [0.25, 0.3) is 0 Å². The number of rotatable bonds is 5. The predicted molar refractivity (Wildman–Crippen MR) is 60.9 cm³/mol. The second-order valence-corrected chi connectivity index (χ2v) is 3.96. The number of esters is 1. The SMILES string of the molecule is COC(=O)CCN(C)Cc1cc(C)nn1C. The van der Waals surface area contributed by atoms with Crippen molar-refractivity contribution in [3.8, 4) is 0 Å². The average molecular weight is 225 g/mol. The van der Waals surface area contributed by atoms with Crippen LogP contribution >= 0.6 is 0 Å². The number of hydrogen-bond donors (Lipinski definition) is 0. The summed E-state index contributed by atoms with van der Waals surface area (Å²) in [7, 11) is 5.31. The highest BCUT2D eigenvalue weighted by molar-refractivity contribution is 5.69. The van der Waals surface area contributed by atoms with Crippen LogP contribution < -0.4 is 0 Å². The Labute approximate surface area is 96.0 Å². The molecule has 1 rings (SSSR count). The fourth-order valence-electron chi connectivity index (χ4n) is 1.55. The molecule has 0 radical (unpaired) electrons. The number of carbonyl (C=O) groups excluding carboxylic acids is 1. The minimum atomic E-state index is -0.173. The van der Waals surface area contributed by atoms with Gasteiger partial charge in [0.05, 0.1) is 24.9 Å². The highest BCUT2D eigenvalue weighted by Crippen LogP contribution is 2.05. The van der Waals surface area contributed by atoms with Crippen LogP contribution in [-0.4, -0.2) is 41.4 Å². The Morgan fingerprint density at radius 3 is 2.81 bits per heavy atom. The number of methoxy groups -OCH3 is 1. The molecule has 0 aliphatic rings. The molecule has 0 N–H and O–H groups in total. The van der Waals surface area contributed by atoms with Crippen molar-refractivity contribution in [2.45, 2.75) is 19.9 Å². The van der Waals surface area contributed by atoms with Crippen molar-refractivity contribution in [1.29, 1.82) is 0 Å². The minimum Gasteiger partial charge on any atom is -0.469 e. The van der Waals surface area contributed by atoms with Crippen molar-refractivity contribution in [2.24, 2.45) is 7.05 Å². The third-order valence-corrected chi connectivity index (χ3v) is 2.46. The molecule has 16 heavy (non-hydrogen) atoms. The van der Waals surface area contributed by atoms with E-state index in [1.54, 1.807) is 0 Å². The zero-order valence-electron chi connectivity index (χ0n) is 10.4. The van der Waals surface area contributed by atoms with Crippen molar-refractivity contribution in [3.05, 3.63) is 17.5 Å². The number of ether oxygens (including phenoxy) is 1. The van der Waals surface area contributed by atoms with Crippen LogP contribution in [0.3, 0.4) is 0 Å². The van der Waals surface area contributed by atoms with E-state index in [1.165, 1.54) is 7.11 Å². The molecule has 1 aromatic rings. The maximum Gasteiger partial charge on any atom is 0.306 e. The van der Waals surface area contributed by atoms with Crippen LogP contribution in [0.15, 0.2) is 6.07 Å². The first kappa shape index (κ1) is 12.7. The molecule has 0 amide bonds. The van der Waals surface area contributed by atoms with Gasteiger partial charge >= 0.3 is 5.97 Å². The van der Waals surface area contributed by atoms with Crippen LogP contribution in [-0.2, 0) is 23.1 Å². The summed E-state index contributed by atoms with van der Waals surface area (Å²) in [5.41, 5.74) is 2.16. The van der Waals surface area contributed by atoms with Gasteiger partial charge in [0, 0.05) is 20.1 Å². The molecule has 1 aromatic heterocycles. The molecule has 90 valence electrons. The highest BCUT2D eigenvalue weighted by Gasteiger charge is 2.08. The molecule has 0 unspecified atom stereocenters. The zero-order valence-corrected chi connectivity index (χ0v) is 10.4. The highest BCUT2D eigenvalue weighted by atomic mass is 16.5. The summed E-state index contributed by atoms with van der Waals surface area (Å²) < 4.78 is 6.46. The van der Waals surface area contributed by atoms with Crippen molar-refractivity contribution in [3.63, 3.8) is 0 Å². The summed E-state index contributed by atoms with van der Waals surface area (Å²) in [6.07, 6.45) is 0.420. The van der Waals surface area contributed by atoms with E-state index in [1.807, 2.05) is 25.7 Å². The zero-order chi connectivity index (χ0) is 12.1. The summed E-state index contributed by atoms with van der Waals surface area (Å²) in [5.74, 6) is -0.173. The van der Waals surface area contributed by atoms with Crippen LogP contribution in [0, 0.1) is 6.92 Å². The second kappa shape index (κ2) is 5.65. The Balaban J connectivity index is 2.42. The summed E-state index contributed by atoms with van der Waals surface area (Å²) in [6.45, 7) is 3.45. The van der Waals surface area contributed by atoms with Gasteiger partial charge in [-0.1, -0.05) is 0 Å². The number of nitrogens with zero attached hydrogens (tertiary/aromatic N) is 3. The molecule has 0 aliphatic heterocycles. The number of hydrogen-bond acceptors (Lipinski definition) is 4. The Morgan fingerprint density at radius 1 is 1.62 bits per heavy atom. The first-order chi connectivity index (χ1) is 7.52. The molecule has 1 heterocycles. The smallest absolute Gasteiger partial charge is 0.306 e. The van der Waals surface area contributed by atoms with E-state index < -0.39 is 0 Å². The number of aryl methyl sites for hydroxylation is 2. The van der Waals surface area contributed by atoms with E-state index in [4.69, 9.17) is 0 Å². The van der Waals surface area contributed by atoms with Gasteiger partial charge in [-0.25, -0.2) is 0 Å². The molecule has 0 saturated heterocycles. The lowest BCUT2D eigenvalue weighted by Gasteiger charge is -2.15. The van der Waals surface area contributed by atoms with Gasteiger partial charge < -0.3 is 4.74 Å². The largest absolute Gasteiger partial charge is 0.469 e. The van der Waals surface area contributed by atoms with Gasteiger partial charge in [0.1, 0.15) is 0 Å². The Morgan fingerprint density at radius 2 is 2.31 bits per heavy atom. The van der Waals surface area contributed by atoms with Crippen LogP contribution in [0.2, 0.25) is 0 Å². The Bertz CT molecular complexity index is 360. The van der Waals surface area contributed by atoms with Crippen molar-refractivity contribution >= 4 is 5.97 Å². The van der Waals surface area contributed by atoms with Gasteiger partial charge in [-0.05, 0) is 20.0 Å². The monoisotopic (exact) mass is 225 g/mol. The maximum absolute atomic E-state index is 11.0. The first-order valence-electron chi connectivity index (χ1n) is 5.28. The molecule has 0 bridgehead atoms. The predicted octanol–water partition coefficient (Wildman–Crippen LogP) is 0.723. The van der Waals surface area contributed by atoms with Gasteiger partial charge in [-0.2, -0.15) is 5.10 Å². The topological polar surface area (TPSA) is 47.4 Å². The molecule has 0 saturated carbocycles. The minimum absolute atomic E-state index is 0.173. The van der Waals surface area contributed by atoms with Gasteiger partial charge in [-0.15, -0.1) is 0 Å². The summed E-state index contributed by atoms with van der Waals surface area (Å²) in [4.78, 5) is 13.1. The third kappa shape index (κ3) is 3.66. The Hall–Kier alpha value is -1.36. The molecular weight excluding hydrogens is 206 g/mol. The standard InChI is InChI=1S/C11H19N3O2/c1-9-7-10(14(3)12-9)8-13(2)6-5-11(15)16-4/h7H,5-6,8H2,1-4H3. The molecular formula is C11H19N3O2. The van der Waals surface area contributed by atoms with Gasteiger partial charge in [-0.3, -0.25) is 14.4 Å². The molecule has 0 fully saturated rings. The van der Waals surface area contributed by atoms with E-state index >= 15 is 0 Å². The average Bonchev–Trinajstić information content (AvgIpc) is 2.54. The van der Waals surface area contributed by atoms with E-state index in [2.05, 4.69) is 20.8 Å². The summed E-state index contributed by atoms with van der Waals surface area (Å²) in [6, 6.07) is 2.05. The van der Waals surface area contributed by atoms with Crippen molar-refractivity contribution in [2.75, 3.05) is 20.7 Å². The van der Waals surface area contributed by atoms with E-state index in [0.29, 0.717) is 13.0 Å². The van der Waals surface area contributed by atoms with Crippen LogP contribution in [0.5, 0.6) is 0 Å². The third-order valence-electron chi connectivity index (χ3n) is 2.46. The molecule has 0 spiro atoms.